The molecule has 0 saturated heterocycles. The van der Waals surface area contributed by atoms with Gasteiger partial charge < -0.3 is 14.3 Å². The summed E-state index contributed by atoms with van der Waals surface area (Å²) in [5.74, 6) is -1.11. The maximum atomic E-state index is 13.3. The van der Waals surface area contributed by atoms with E-state index < -0.39 is 43.1 Å². The zero-order chi connectivity index (χ0) is 19.6. The maximum Gasteiger partial charge on any atom is 0.381 e. The molecule has 0 aliphatic carbocycles. The van der Waals surface area contributed by atoms with Crippen molar-refractivity contribution in [3.05, 3.63) is 35.4 Å². The van der Waals surface area contributed by atoms with Gasteiger partial charge in [0, 0.05) is 0 Å². The van der Waals surface area contributed by atoms with Gasteiger partial charge in [-0.15, -0.1) is 0 Å². The van der Waals surface area contributed by atoms with Gasteiger partial charge in [0.15, 0.2) is 5.45 Å². The van der Waals surface area contributed by atoms with E-state index in [0.29, 0.717) is 0 Å². The first-order chi connectivity index (χ1) is 12.1. The summed E-state index contributed by atoms with van der Waals surface area (Å²) < 4.78 is 24.1. The van der Waals surface area contributed by atoms with Gasteiger partial charge >= 0.3 is 7.60 Å². The van der Waals surface area contributed by atoms with Crippen molar-refractivity contribution < 1.29 is 28.4 Å². The van der Waals surface area contributed by atoms with Crippen LogP contribution < -0.4 is 0 Å². The molecule has 8 nitrogen and oxygen atoms in total. The Balaban J connectivity index is 2.43. The van der Waals surface area contributed by atoms with E-state index in [0.717, 1.165) is 4.90 Å². The highest BCUT2D eigenvalue weighted by molar-refractivity contribution is 7.72. The molecule has 1 aromatic carbocycles. The lowest BCUT2D eigenvalue weighted by atomic mass is 10.1. The van der Waals surface area contributed by atoms with Crippen molar-refractivity contribution in [3.63, 3.8) is 0 Å². The Morgan fingerprint density at radius 3 is 1.77 bits per heavy atom. The Morgan fingerprint density at radius 1 is 1.00 bits per heavy atom. The van der Waals surface area contributed by atoms with Crippen LogP contribution in [-0.2, 0) is 13.6 Å². The monoisotopic (exact) mass is 382 g/mol. The first-order valence-corrected chi connectivity index (χ1v) is 9.83. The van der Waals surface area contributed by atoms with Crippen molar-refractivity contribution in [1.82, 2.24) is 4.90 Å². The third-order valence-electron chi connectivity index (χ3n) is 3.67. The van der Waals surface area contributed by atoms with Gasteiger partial charge in [-0.3, -0.25) is 19.1 Å². The highest BCUT2D eigenvalue weighted by Gasteiger charge is 2.47. The maximum absolute atomic E-state index is 13.3. The Bertz CT molecular complexity index is 740. The number of hydrogen-bond acceptors (Lipinski definition) is 7. The zero-order valence-corrected chi connectivity index (χ0v) is 16.3. The molecule has 1 heterocycles. The van der Waals surface area contributed by atoms with Crippen LogP contribution in [0.2, 0.25) is 0 Å². The van der Waals surface area contributed by atoms with E-state index >= 15 is 0 Å². The van der Waals surface area contributed by atoms with Gasteiger partial charge in [-0.1, -0.05) is 17.3 Å². The predicted octanol–water partition coefficient (Wildman–Crippen LogP) is 3.50. The van der Waals surface area contributed by atoms with Crippen molar-refractivity contribution in [2.45, 2.75) is 52.9 Å². The molecule has 26 heavy (non-hydrogen) atoms. The Morgan fingerprint density at radius 2 is 1.42 bits per heavy atom. The highest BCUT2D eigenvalue weighted by atomic mass is 31.2. The third kappa shape index (κ3) is 3.72. The lowest BCUT2D eigenvalue weighted by Crippen LogP contribution is -2.43. The lowest BCUT2D eigenvalue weighted by Gasteiger charge is -2.29. The third-order valence-corrected chi connectivity index (χ3v) is 6.09. The molecule has 1 atom stereocenters. The Kier molecular flexibility index (Phi) is 6.01. The molecule has 0 aromatic heterocycles. The molecule has 0 radical (unpaired) electrons. The van der Waals surface area contributed by atoms with Crippen LogP contribution in [0.5, 0.6) is 0 Å². The number of benzene rings is 1. The SMILES string of the molecule is CC(C)OP(=O)(OC(C)C)/C(=N\O)C(C)N1C(=O)c2ccccc2C1=O. The average molecular weight is 382 g/mol. The second-order valence-electron chi connectivity index (χ2n) is 6.47. The van der Waals surface area contributed by atoms with E-state index in [1.54, 1.807) is 39.8 Å². The molecule has 9 heteroatoms. The number of amides is 2. The van der Waals surface area contributed by atoms with Crippen molar-refractivity contribution in [3.8, 4) is 0 Å². The molecule has 0 spiro atoms. The highest BCUT2D eigenvalue weighted by Crippen LogP contribution is 2.53. The number of oxime groups is 1. The van der Waals surface area contributed by atoms with Crippen molar-refractivity contribution in [2.75, 3.05) is 0 Å². The smallest absolute Gasteiger partial charge is 0.381 e. The van der Waals surface area contributed by atoms with Crippen molar-refractivity contribution in [1.29, 1.82) is 0 Å². The van der Waals surface area contributed by atoms with Gasteiger partial charge in [0.25, 0.3) is 11.8 Å². The molecule has 1 aliphatic rings. The van der Waals surface area contributed by atoms with Gasteiger partial charge in [0.05, 0.1) is 29.4 Å². The van der Waals surface area contributed by atoms with Gasteiger partial charge in [-0.2, -0.15) is 0 Å². The molecule has 2 rings (SSSR count). The van der Waals surface area contributed by atoms with Crippen molar-refractivity contribution >= 4 is 24.9 Å². The minimum Gasteiger partial charge on any atom is -0.410 e. The summed E-state index contributed by atoms with van der Waals surface area (Å²) in [5.41, 5.74) is 0.0893. The van der Waals surface area contributed by atoms with Crippen molar-refractivity contribution in [2.24, 2.45) is 5.16 Å². The van der Waals surface area contributed by atoms with Gasteiger partial charge in [0.1, 0.15) is 0 Å². The molecule has 142 valence electrons. The summed E-state index contributed by atoms with van der Waals surface area (Å²) in [4.78, 5) is 26.2. The standard InChI is InChI=1S/C17H23N2O6P/c1-10(2)24-26(23,25-11(3)4)15(18-22)12(5)19-16(20)13-8-6-7-9-14(13)17(19)21/h6-12,22H,1-5H3/b18-15-. The van der Waals surface area contributed by atoms with E-state index in [1.165, 1.54) is 19.1 Å². The predicted molar refractivity (Wildman–Crippen MR) is 95.7 cm³/mol. The number of carbonyl (C=O) groups is 2. The van der Waals surface area contributed by atoms with E-state index in [9.17, 15) is 19.4 Å². The molecule has 1 aliphatic heterocycles. The molecule has 0 saturated carbocycles. The molecule has 0 bridgehead atoms. The fourth-order valence-electron chi connectivity index (χ4n) is 2.73. The van der Waals surface area contributed by atoms with E-state index in [2.05, 4.69) is 5.16 Å². The first-order valence-electron chi connectivity index (χ1n) is 8.28. The zero-order valence-electron chi connectivity index (χ0n) is 15.4. The Hall–Kier alpha value is -2.02. The molecule has 0 fully saturated rings. The van der Waals surface area contributed by atoms with Gasteiger partial charge in [-0.25, -0.2) is 0 Å². The normalized spacial score (nSPS) is 16.6. The molecular weight excluding hydrogens is 359 g/mol. The lowest BCUT2D eigenvalue weighted by molar-refractivity contribution is 0.0634. The van der Waals surface area contributed by atoms with Crippen LogP contribution in [0.1, 0.15) is 55.3 Å². The van der Waals surface area contributed by atoms with E-state index in [4.69, 9.17) is 9.05 Å². The van der Waals surface area contributed by atoms with Crippen LogP contribution in [0, 0.1) is 0 Å². The number of rotatable bonds is 7. The summed E-state index contributed by atoms with van der Waals surface area (Å²) in [6.45, 7) is 8.04. The molecule has 1 aromatic rings. The summed E-state index contributed by atoms with van der Waals surface area (Å²) in [7, 11) is -4.04. The van der Waals surface area contributed by atoms with E-state index in [-0.39, 0.29) is 11.1 Å². The van der Waals surface area contributed by atoms with Crippen LogP contribution in [0.3, 0.4) is 0 Å². The molecular formula is C17H23N2O6P. The number of nitrogens with zero attached hydrogens (tertiary/aromatic N) is 2. The minimum absolute atomic E-state index is 0.242. The topological polar surface area (TPSA) is 106 Å². The van der Waals surface area contributed by atoms with Crippen LogP contribution in [0.25, 0.3) is 0 Å². The summed E-state index contributed by atoms with van der Waals surface area (Å²) in [6, 6.07) is 5.25. The van der Waals surface area contributed by atoms with Gasteiger partial charge in [0.2, 0.25) is 0 Å². The summed E-state index contributed by atoms with van der Waals surface area (Å²) in [6.07, 6.45) is -0.989. The molecule has 2 amide bonds. The average Bonchev–Trinajstić information content (AvgIpc) is 2.78. The van der Waals surface area contributed by atoms with Crippen LogP contribution >= 0.6 is 7.60 Å². The largest absolute Gasteiger partial charge is 0.410 e. The summed E-state index contributed by atoms with van der Waals surface area (Å²) in [5, 5.41) is 12.6. The van der Waals surface area contributed by atoms with E-state index in [1.807, 2.05) is 0 Å². The second-order valence-corrected chi connectivity index (χ2v) is 8.34. The second kappa shape index (κ2) is 7.70. The first kappa shape index (κ1) is 20.3. The molecule has 1 N–H and O–H groups in total. The van der Waals surface area contributed by atoms with Crippen LogP contribution in [0.4, 0.5) is 0 Å². The molecule has 1 unspecified atom stereocenters. The fourth-order valence-corrected chi connectivity index (χ4v) is 4.79. The number of hydrogen-bond donors (Lipinski definition) is 1. The number of fused-ring (bicyclic) bond motifs is 1. The Labute approximate surface area is 152 Å². The summed E-state index contributed by atoms with van der Waals surface area (Å²) >= 11 is 0. The number of imide groups is 1. The quantitative estimate of drug-likeness (QED) is 0.254. The van der Waals surface area contributed by atoms with Crippen LogP contribution in [-0.4, -0.2) is 45.6 Å². The number of carbonyl (C=O) groups excluding carboxylic acids is 2. The van der Waals surface area contributed by atoms with Gasteiger partial charge in [-0.05, 0) is 46.8 Å². The minimum atomic E-state index is -4.04. The fraction of sp³-hybridized carbons (Fsp3) is 0.471. The van der Waals surface area contributed by atoms with Crippen LogP contribution in [0.15, 0.2) is 29.4 Å².